The maximum absolute atomic E-state index is 4.37. The van der Waals surface area contributed by atoms with Crippen molar-refractivity contribution in [1.82, 2.24) is 10.6 Å². The molecule has 0 bridgehead atoms. The zero-order valence-corrected chi connectivity index (χ0v) is 24.4. The largest absolute Gasteiger partial charge is 0.387 e. The maximum Gasteiger partial charge on any atom is 0.0690 e. The summed E-state index contributed by atoms with van der Waals surface area (Å²) in [5, 5.41) is 12.8. The second kappa shape index (κ2) is 14.9. The Morgan fingerprint density at radius 3 is 2.38 bits per heavy atom. The summed E-state index contributed by atoms with van der Waals surface area (Å²) in [6, 6.07) is 32.0. The Morgan fingerprint density at radius 1 is 0.850 bits per heavy atom. The molecule has 0 amide bonds. The number of anilines is 1. The second-order valence-electron chi connectivity index (χ2n) is 10.2. The van der Waals surface area contributed by atoms with Crippen molar-refractivity contribution in [3.05, 3.63) is 144 Å². The minimum atomic E-state index is 0.0623. The first-order chi connectivity index (χ1) is 19.5. The van der Waals surface area contributed by atoms with Crippen molar-refractivity contribution in [2.24, 2.45) is 0 Å². The van der Waals surface area contributed by atoms with Crippen LogP contribution in [-0.2, 0) is 12.8 Å². The Kier molecular flexibility index (Phi) is 10.8. The number of benzene rings is 3. The number of thiophene rings is 1. The van der Waals surface area contributed by atoms with Gasteiger partial charge in [0, 0.05) is 34.2 Å². The SMILES string of the molecule is C=C(CCc1ccccc1)NC(Cc1ccc(C(=C)Nc2cccc(-c3cccs3)c2)cc1)C(=C)NCCCC. The lowest BCUT2D eigenvalue weighted by Gasteiger charge is -2.25. The molecular formula is C36H41N3S. The number of rotatable bonds is 16. The van der Waals surface area contributed by atoms with Gasteiger partial charge in [-0.15, -0.1) is 11.3 Å². The summed E-state index contributed by atoms with van der Waals surface area (Å²) in [4.78, 5) is 1.26. The van der Waals surface area contributed by atoms with Gasteiger partial charge in [0.25, 0.3) is 0 Å². The van der Waals surface area contributed by atoms with Gasteiger partial charge < -0.3 is 16.0 Å². The summed E-state index contributed by atoms with van der Waals surface area (Å²) in [6.45, 7) is 16.1. The van der Waals surface area contributed by atoms with Crippen LogP contribution in [0.4, 0.5) is 5.69 Å². The van der Waals surface area contributed by atoms with Crippen molar-refractivity contribution in [3.8, 4) is 10.4 Å². The van der Waals surface area contributed by atoms with E-state index in [1.165, 1.54) is 21.6 Å². The second-order valence-corrected chi connectivity index (χ2v) is 11.1. The fourth-order valence-corrected chi connectivity index (χ4v) is 5.31. The van der Waals surface area contributed by atoms with Crippen LogP contribution < -0.4 is 16.0 Å². The van der Waals surface area contributed by atoms with Crippen LogP contribution >= 0.6 is 11.3 Å². The number of hydrogen-bond acceptors (Lipinski definition) is 4. The Morgan fingerprint density at radius 2 is 1.65 bits per heavy atom. The molecule has 1 heterocycles. The molecule has 3 N–H and O–H groups in total. The van der Waals surface area contributed by atoms with E-state index in [9.17, 15) is 0 Å². The molecule has 0 radical (unpaired) electrons. The van der Waals surface area contributed by atoms with Crippen molar-refractivity contribution in [3.63, 3.8) is 0 Å². The molecule has 0 saturated heterocycles. The molecule has 4 rings (SSSR count). The molecule has 4 heteroatoms. The van der Waals surface area contributed by atoms with E-state index in [0.717, 1.165) is 67.0 Å². The van der Waals surface area contributed by atoms with Gasteiger partial charge in [-0.2, -0.15) is 0 Å². The molecule has 4 aromatic rings. The smallest absolute Gasteiger partial charge is 0.0690 e. The van der Waals surface area contributed by atoms with Gasteiger partial charge in [0.1, 0.15) is 0 Å². The highest BCUT2D eigenvalue weighted by molar-refractivity contribution is 7.13. The Balaban J connectivity index is 1.37. The predicted octanol–water partition coefficient (Wildman–Crippen LogP) is 9.05. The monoisotopic (exact) mass is 547 g/mol. The summed E-state index contributed by atoms with van der Waals surface area (Å²) in [6.07, 6.45) is 4.96. The molecule has 0 aliphatic rings. The van der Waals surface area contributed by atoms with Crippen LogP contribution in [0.25, 0.3) is 16.1 Å². The van der Waals surface area contributed by atoms with Crippen molar-refractivity contribution < 1.29 is 0 Å². The number of aryl methyl sites for hydroxylation is 1. The average molecular weight is 548 g/mol. The van der Waals surface area contributed by atoms with E-state index < -0.39 is 0 Å². The van der Waals surface area contributed by atoms with Crippen molar-refractivity contribution >= 4 is 22.7 Å². The summed E-state index contributed by atoms with van der Waals surface area (Å²) < 4.78 is 0. The van der Waals surface area contributed by atoms with E-state index in [1.54, 1.807) is 11.3 Å². The van der Waals surface area contributed by atoms with Crippen LogP contribution in [0.15, 0.2) is 128 Å². The first-order valence-corrected chi connectivity index (χ1v) is 15.0. The Bertz CT molecular complexity index is 1370. The third-order valence-electron chi connectivity index (χ3n) is 6.95. The number of allylic oxidation sites excluding steroid dienone is 1. The standard InChI is InChI=1S/C36H41N3S/c1-5-6-23-37-29(4)35(38-27(2)17-18-30-12-8-7-9-13-30)25-31-19-21-32(22-20-31)28(3)39-34-15-10-14-33(26-34)36-16-11-24-40-36/h7-16,19-22,24,26,35,37-39H,2-6,17-18,23,25H2,1H3. The van der Waals surface area contributed by atoms with E-state index in [-0.39, 0.29) is 6.04 Å². The summed E-state index contributed by atoms with van der Waals surface area (Å²) in [7, 11) is 0. The topological polar surface area (TPSA) is 36.1 Å². The third kappa shape index (κ3) is 8.75. The van der Waals surface area contributed by atoms with E-state index in [1.807, 2.05) is 0 Å². The van der Waals surface area contributed by atoms with Crippen molar-refractivity contribution in [1.29, 1.82) is 0 Å². The quantitative estimate of drug-likeness (QED) is 0.122. The van der Waals surface area contributed by atoms with Crippen LogP contribution in [0.2, 0.25) is 0 Å². The fourth-order valence-electron chi connectivity index (χ4n) is 4.59. The Labute approximate surface area is 244 Å². The van der Waals surface area contributed by atoms with E-state index in [0.29, 0.717) is 0 Å². The molecule has 0 spiro atoms. The van der Waals surface area contributed by atoms with Gasteiger partial charge in [0.05, 0.1) is 6.04 Å². The molecule has 0 aliphatic carbocycles. The lowest BCUT2D eigenvalue weighted by atomic mass is 10.0. The highest BCUT2D eigenvalue weighted by Gasteiger charge is 2.15. The zero-order valence-electron chi connectivity index (χ0n) is 23.6. The summed E-state index contributed by atoms with van der Waals surface area (Å²) in [5.74, 6) is 0. The van der Waals surface area contributed by atoms with Crippen LogP contribution in [0.5, 0.6) is 0 Å². The Hall–Kier alpha value is -4.02. The van der Waals surface area contributed by atoms with Gasteiger partial charge in [-0.3, -0.25) is 0 Å². The van der Waals surface area contributed by atoms with Gasteiger partial charge in [-0.1, -0.05) is 106 Å². The molecule has 0 fully saturated rings. The average Bonchev–Trinajstić information content (AvgIpc) is 3.52. The first kappa shape index (κ1) is 29.0. The summed E-state index contributed by atoms with van der Waals surface area (Å²) >= 11 is 1.75. The fraction of sp³-hybridized carbons (Fsp3) is 0.222. The minimum absolute atomic E-state index is 0.0623. The maximum atomic E-state index is 4.37. The van der Waals surface area contributed by atoms with Gasteiger partial charge >= 0.3 is 0 Å². The predicted molar refractivity (Wildman–Crippen MR) is 175 cm³/mol. The molecule has 206 valence electrons. The lowest BCUT2D eigenvalue weighted by molar-refractivity contribution is 0.564. The van der Waals surface area contributed by atoms with E-state index >= 15 is 0 Å². The molecule has 0 saturated carbocycles. The highest BCUT2D eigenvalue weighted by Crippen LogP contribution is 2.28. The highest BCUT2D eigenvalue weighted by atomic mass is 32.1. The van der Waals surface area contributed by atoms with Crippen molar-refractivity contribution in [2.75, 3.05) is 11.9 Å². The van der Waals surface area contributed by atoms with Crippen LogP contribution in [-0.4, -0.2) is 12.6 Å². The van der Waals surface area contributed by atoms with Crippen LogP contribution in [0.1, 0.15) is 42.9 Å². The molecule has 1 atom stereocenters. The zero-order chi connectivity index (χ0) is 28.2. The molecule has 0 aliphatic heterocycles. The van der Waals surface area contributed by atoms with Gasteiger partial charge in [-0.05, 0) is 71.5 Å². The number of nitrogens with one attached hydrogen (secondary N) is 3. The molecule has 3 nitrogen and oxygen atoms in total. The van der Waals surface area contributed by atoms with Gasteiger partial charge in [0.2, 0.25) is 0 Å². The molecule has 3 aromatic carbocycles. The van der Waals surface area contributed by atoms with Crippen LogP contribution in [0, 0.1) is 0 Å². The third-order valence-corrected chi connectivity index (χ3v) is 7.86. The van der Waals surface area contributed by atoms with Gasteiger partial charge in [0.15, 0.2) is 0 Å². The molecule has 1 unspecified atom stereocenters. The number of hydrogen-bond donors (Lipinski definition) is 3. The van der Waals surface area contributed by atoms with E-state index in [2.05, 4.69) is 139 Å². The lowest BCUT2D eigenvalue weighted by Crippen LogP contribution is -2.37. The first-order valence-electron chi connectivity index (χ1n) is 14.1. The normalized spacial score (nSPS) is 11.4. The van der Waals surface area contributed by atoms with Crippen LogP contribution in [0.3, 0.4) is 0 Å². The summed E-state index contributed by atoms with van der Waals surface area (Å²) in [5.41, 5.74) is 8.80. The molecule has 1 aromatic heterocycles. The molecular weight excluding hydrogens is 506 g/mol. The number of unbranched alkanes of at least 4 members (excludes halogenated alkanes) is 1. The van der Waals surface area contributed by atoms with E-state index in [4.69, 9.17) is 0 Å². The molecule has 40 heavy (non-hydrogen) atoms. The van der Waals surface area contributed by atoms with Gasteiger partial charge in [-0.25, -0.2) is 0 Å². The van der Waals surface area contributed by atoms with Crippen molar-refractivity contribution in [2.45, 2.75) is 45.1 Å². The minimum Gasteiger partial charge on any atom is -0.387 e.